The van der Waals surface area contributed by atoms with Crippen molar-refractivity contribution < 1.29 is 26.7 Å². The van der Waals surface area contributed by atoms with Crippen molar-refractivity contribution >= 4 is 53.6 Å². The van der Waals surface area contributed by atoms with Crippen LogP contribution >= 0.6 is 35.9 Å². The molecule has 2 aliphatic heterocycles. The van der Waals surface area contributed by atoms with E-state index in [9.17, 15) is 14.7 Å². The van der Waals surface area contributed by atoms with Gasteiger partial charge in [-0.05, 0) is 12.5 Å². The zero-order chi connectivity index (χ0) is 18.3. The highest BCUT2D eigenvalue weighted by Gasteiger charge is 2.46. The Morgan fingerprint density at radius 1 is 1.44 bits per heavy atom. The molecule has 134 valence electrons. The van der Waals surface area contributed by atoms with E-state index >= 15 is 0 Å². The number of ether oxygens (including phenoxy) is 1. The minimum atomic E-state index is -1.30. The SMILES string of the molecule is C=C1C[C@H]2[C@H](O)N(C(=O)OI)c3cc(OS)c(OC)cc3C(=O)N2C1. The fourth-order valence-corrected chi connectivity index (χ4v) is 3.54. The van der Waals surface area contributed by atoms with Gasteiger partial charge in [-0.3, -0.25) is 4.79 Å². The summed E-state index contributed by atoms with van der Waals surface area (Å²) < 4.78 is 14.9. The monoisotopic (exact) mass is 478 g/mol. The summed E-state index contributed by atoms with van der Waals surface area (Å²) in [6, 6.07) is 2.24. The van der Waals surface area contributed by atoms with Crippen LogP contribution in [0.25, 0.3) is 0 Å². The van der Waals surface area contributed by atoms with Gasteiger partial charge in [0.2, 0.25) is 0 Å². The third-order valence-corrected chi connectivity index (χ3v) is 4.87. The molecular formula is C15H15IN2O6S. The van der Waals surface area contributed by atoms with Crippen molar-refractivity contribution in [1.29, 1.82) is 0 Å². The molecule has 0 saturated carbocycles. The topological polar surface area (TPSA) is 88.5 Å². The average Bonchev–Trinajstić information content (AvgIpc) is 2.99. The van der Waals surface area contributed by atoms with Crippen molar-refractivity contribution in [3.63, 3.8) is 0 Å². The van der Waals surface area contributed by atoms with Crippen LogP contribution in [0.3, 0.4) is 0 Å². The van der Waals surface area contributed by atoms with E-state index in [0.29, 0.717) is 13.0 Å². The van der Waals surface area contributed by atoms with Crippen LogP contribution in [0.15, 0.2) is 24.3 Å². The number of hydrogen-bond acceptors (Lipinski definition) is 7. The van der Waals surface area contributed by atoms with Crippen LogP contribution in [0.5, 0.6) is 11.5 Å². The summed E-state index contributed by atoms with van der Waals surface area (Å²) in [5.74, 6) is 0.128. The van der Waals surface area contributed by atoms with Gasteiger partial charge in [-0.25, -0.2) is 9.69 Å². The number of fused-ring (bicyclic) bond motifs is 2. The number of anilines is 1. The van der Waals surface area contributed by atoms with E-state index in [0.717, 1.165) is 10.5 Å². The summed E-state index contributed by atoms with van der Waals surface area (Å²) in [5, 5.41) is 10.8. The Morgan fingerprint density at radius 3 is 2.76 bits per heavy atom. The summed E-state index contributed by atoms with van der Waals surface area (Å²) in [6.45, 7) is 4.19. The van der Waals surface area contributed by atoms with Crippen molar-refractivity contribution in [2.45, 2.75) is 18.7 Å². The standard InChI is InChI=1S/C15H15IN2O6S/c1-7-3-10-14(20)18(15(21)23-16)9-5-12(24-25)11(22-2)4-8(9)13(19)17(10)6-7/h4-5,10,14,20,25H,1,3,6H2,2H3/t10-,14-/m0/s1. The lowest BCUT2D eigenvalue weighted by atomic mass is 10.1. The molecule has 1 aromatic rings. The molecule has 3 rings (SSSR count). The van der Waals surface area contributed by atoms with E-state index in [2.05, 4.69) is 19.5 Å². The summed E-state index contributed by atoms with van der Waals surface area (Å²) in [6.07, 6.45) is -1.72. The molecule has 1 aromatic carbocycles. The Bertz CT molecular complexity index is 758. The van der Waals surface area contributed by atoms with Gasteiger partial charge in [-0.15, -0.1) is 0 Å². The lowest BCUT2D eigenvalue weighted by Gasteiger charge is -2.30. The molecule has 1 saturated heterocycles. The van der Waals surface area contributed by atoms with Crippen LogP contribution in [0.1, 0.15) is 16.8 Å². The smallest absolute Gasteiger partial charge is 0.426 e. The highest BCUT2D eigenvalue weighted by molar-refractivity contribution is 14.1. The normalized spacial score (nSPS) is 22.2. The van der Waals surface area contributed by atoms with Gasteiger partial charge >= 0.3 is 6.09 Å². The number of carbonyl (C=O) groups is 2. The van der Waals surface area contributed by atoms with Gasteiger partial charge in [0.1, 0.15) is 0 Å². The van der Waals surface area contributed by atoms with Crippen molar-refractivity contribution in [2.75, 3.05) is 18.6 Å². The number of halogens is 1. The maximum absolute atomic E-state index is 13.0. The third-order valence-electron chi connectivity index (χ3n) is 4.29. The molecule has 0 aliphatic carbocycles. The first-order valence-corrected chi connectivity index (χ1v) is 8.48. The molecule has 2 atom stereocenters. The lowest BCUT2D eigenvalue weighted by Crippen LogP contribution is -2.50. The van der Waals surface area contributed by atoms with E-state index in [-0.39, 0.29) is 28.7 Å². The average molecular weight is 478 g/mol. The molecule has 25 heavy (non-hydrogen) atoms. The zero-order valence-corrected chi connectivity index (χ0v) is 16.2. The molecule has 1 fully saturated rings. The Labute approximate surface area is 163 Å². The first-order chi connectivity index (χ1) is 11.9. The number of carbonyl (C=O) groups excluding carboxylic acids is 2. The predicted octanol–water partition coefficient (Wildman–Crippen LogP) is 2.31. The number of benzene rings is 1. The van der Waals surface area contributed by atoms with Gasteiger partial charge in [0.05, 0.1) is 24.4 Å². The number of hydrogen-bond donors (Lipinski definition) is 2. The summed E-state index contributed by atoms with van der Waals surface area (Å²) >= 11 is 5.20. The molecular weight excluding hydrogens is 463 g/mol. The van der Waals surface area contributed by atoms with Gasteiger partial charge in [-0.1, -0.05) is 12.2 Å². The van der Waals surface area contributed by atoms with Crippen LogP contribution in [-0.2, 0) is 3.07 Å². The number of rotatable bonds is 2. The molecule has 0 bridgehead atoms. The molecule has 0 spiro atoms. The Hall–Kier alpha value is -1.66. The first kappa shape index (κ1) is 18.1. The maximum Gasteiger partial charge on any atom is 0.426 e. The fraction of sp³-hybridized carbons (Fsp3) is 0.333. The number of methoxy groups -OCH3 is 1. The highest BCUT2D eigenvalue weighted by atomic mass is 127. The molecule has 0 radical (unpaired) electrons. The minimum absolute atomic E-state index is 0.157. The maximum atomic E-state index is 13.0. The molecule has 2 amide bonds. The molecule has 2 heterocycles. The van der Waals surface area contributed by atoms with Crippen molar-refractivity contribution in [1.82, 2.24) is 4.90 Å². The second-order valence-corrected chi connectivity index (χ2v) is 6.32. The molecule has 10 heteroatoms. The number of thiol groups is 1. The molecule has 0 unspecified atom stereocenters. The summed E-state index contributed by atoms with van der Waals surface area (Å²) in [4.78, 5) is 27.8. The van der Waals surface area contributed by atoms with Crippen molar-refractivity contribution in [3.8, 4) is 11.5 Å². The van der Waals surface area contributed by atoms with E-state index in [1.807, 2.05) is 0 Å². The van der Waals surface area contributed by atoms with Gasteiger partial charge in [-0.2, -0.15) is 0 Å². The number of amides is 2. The van der Waals surface area contributed by atoms with Crippen molar-refractivity contribution in [3.05, 3.63) is 29.8 Å². The quantitative estimate of drug-likeness (QED) is 0.294. The van der Waals surface area contributed by atoms with Gasteiger partial charge in [0.25, 0.3) is 5.91 Å². The summed E-state index contributed by atoms with van der Waals surface area (Å²) in [7, 11) is 1.42. The van der Waals surface area contributed by atoms with Crippen LogP contribution in [0, 0.1) is 0 Å². The second kappa shape index (κ2) is 6.92. The molecule has 2 aliphatic rings. The first-order valence-electron chi connectivity index (χ1n) is 7.23. The number of aliphatic hydroxyl groups is 1. The van der Waals surface area contributed by atoms with Gasteiger partial charge < -0.3 is 22.0 Å². The third kappa shape index (κ3) is 2.91. The Morgan fingerprint density at radius 2 is 2.16 bits per heavy atom. The van der Waals surface area contributed by atoms with E-state index in [4.69, 9.17) is 12.0 Å². The highest BCUT2D eigenvalue weighted by Crippen LogP contribution is 2.42. The molecule has 1 N–H and O–H groups in total. The van der Waals surface area contributed by atoms with Crippen LogP contribution in [-0.4, -0.2) is 47.9 Å². The molecule has 8 nitrogen and oxygen atoms in total. The fourth-order valence-electron chi connectivity index (χ4n) is 3.18. The largest absolute Gasteiger partial charge is 0.493 e. The van der Waals surface area contributed by atoms with E-state index < -0.39 is 18.4 Å². The van der Waals surface area contributed by atoms with Gasteiger partial charge in [0, 0.05) is 25.5 Å². The van der Waals surface area contributed by atoms with Gasteiger partial charge in [0.15, 0.2) is 40.7 Å². The second-order valence-electron chi connectivity index (χ2n) is 5.69. The number of aliphatic hydroxyl groups excluding tert-OH is 1. The van der Waals surface area contributed by atoms with Crippen LogP contribution in [0.4, 0.5) is 10.5 Å². The van der Waals surface area contributed by atoms with Crippen LogP contribution in [0.2, 0.25) is 0 Å². The van der Waals surface area contributed by atoms with E-state index in [1.54, 1.807) is 0 Å². The zero-order valence-electron chi connectivity index (χ0n) is 13.1. The van der Waals surface area contributed by atoms with Crippen molar-refractivity contribution in [2.24, 2.45) is 0 Å². The number of nitrogens with zero attached hydrogens (tertiary/aromatic N) is 2. The van der Waals surface area contributed by atoms with E-state index in [1.165, 1.54) is 47.1 Å². The predicted molar refractivity (Wildman–Crippen MR) is 100 cm³/mol. The molecule has 0 aromatic heterocycles. The summed E-state index contributed by atoms with van der Waals surface area (Å²) in [5.41, 5.74) is 1.14. The minimum Gasteiger partial charge on any atom is -0.493 e. The Kier molecular flexibility index (Phi) is 5.02. The van der Waals surface area contributed by atoms with Crippen LogP contribution < -0.4 is 13.8 Å². The Balaban J connectivity index is 2.24. The lowest BCUT2D eigenvalue weighted by molar-refractivity contribution is 0.0519.